The Hall–Kier alpha value is -0.840. The van der Waals surface area contributed by atoms with E-state index < -0.39 is 5.97 Å². The zero-order chi connectivity index (χ0) is 12.4. The second-order valence-corrected chi connectivity index (χ2v) is 5.33. The first-order chi connectivity index (χ1) is 8.08. The molecule has 0 saturated carbocycles. The standard InChI is InChI=1S/C13H8Br2O2.ClH/c14-9-3-1-8(2-4-9)11-6-5-10(15)7-12(11)13(16)17;/h1-7H,(H,16,17);1H. The highest BCUT2D eigenvalue weighted by Gasteiger charge is 2.11. The third kappa shape index (κ3) is 3.34. The monoisotopic (exact) mass is 390 g/mol. The van der Waals surface area contributed by atoms with Gasteiger partial charge >= 0.3 is 5.97 Å². The van der Waals surface area contributed by atoms with Crippen molar-refractivity contribution in [1.29, 1.82) is 0 Å². The van der Waals surface area contributed by atoms with Crippen LogP contribution in [-0.4, -0.2) is 11.1 Å². The van der Waals surface area contributed by atoms with Gasteiger partial charge in [0, 0.05) is 8.95 Å². The third-order valence-corrected chi connectivity index (χ3v) is 3.39. The van der Waals surface area contributed by atoms with E-state index in [0.29, 0.717) is 11.1 Å². The average molecular weight is 392 g/mol. The van der Waals surface area contributed by atoms with Gasteiger partial charge in [0.1, 0.15) is 0 Å². The highest BCUT2D eigenvalue weighted by Crippen LogP contribution is 2.27. The van der Waals surface area contributed by atoms with E-state index in [2.05, 4.69) is 31.9 Å². The van der Waals surface area contributed by atoms with Crippen LogP contribution in [0.25, 0.3) is 11.1 Å². The van der Waals surface area contributed by atoms with Gasteiger partial charge in [0.15, 0.2) is 0 Å². The highest BCUT2D eigenvalue weighted by molar-refractivity contribution is 9.10. The summed E-state index contributed by atoms with van der Waals surface area (Å²) in [5.74, 6) is -0.927. The molecule has 5 heteroatoms. The molecule has 2 nitrogen and oxygen atoms in total. The first-order valence-electron chi connectivity index (χ1n) is 4.87. The molecule has 2 rings (SSSR count). The van der Waals surface area contributed by atoms with E-state index >= 15 is 0 Å². The van der Waals surface area contributed by atoms with E-state index in [9.17, 15) is 9.90 Å². The molecule has 0 heterocycles. The van der Waals surface area contributed by atoms with Crippen molar-refractivity contribution in [3.63, 3.8) is 0 Å². The number of rotatable bonds is 2. The average Bonchev–Trinajstić information content (AvgIpc) is 2.30. The maximum Gasteiger partial charge on any atom is 0.336 e. The van der Waals surface area contributed by atoms with Gasteiger partial charge in [-0.2, -0.15) is 0 Å². The van der Waals surface area contributed by atoms with Gasteiger partial charge in [-0.1, -0.05) is 50.1 Å². The Morgan fingerprint density at radius 3 is 2.06 bits per heavy atom. The first kappa shape index (κ1) is 15.2. The van der Waals surface area contributed by atoms with Crippen LogP contribution in [0.3, 0.4) is 0 Å². The van der Waals surface area contributed by atoms with Gasteiger partial charge in [-0.25, -0.2) is 4.79 Å². The van der Waals surface area contributed by atoms with Crippen molar-refractivity contribution in [3.05, 3.63) is 57.0 Å². The maximum absolute atomic E-state index is 11.2. The zero-order valence-corrected chi connectivity index (χ0v) is 13.0. The van der Waals surface area contributed by atoms with Crippen LogP contribution in [0.1, 0.15) is 10.4 Å². The summed E-state index contributed by atoms with van der Waals surface area (Å²) in [5, 5.41) is 9.18. The minimum Gasteiger partial charge on any atom is -0.478 e. The molecule has 0 bridgehead atoms. The number of benzene rings is 2. The van der Waals surface area contributed by atoms with Crippen LogP contribution in [0.2, 0.25) is 0 Å². The minimum atomic E-state index is -0.927. The van der Waals surface area contributed by atoms with Crippen molar-refractivity contribution in [2.24, 2.45) is 0 Å². The Morgan fingerprint density at radius 1 is 0.944 bits per heavy atom. The molecule has 1 N–H and O–H groups in total. The fraction of sp³-hybridized carbons (Fsp3) is 0. The summed E-state index contributed by atoms with van der Waals surface area (Å²) in [6.07, 6.45) is 0. The fourth-order valence-corrected chi connectivity index (χ4v) is 2.20. The van der Waals surface area contributed by atoms with Crippen LogP contribution >= 0.6 is 44.3 Å². The third-order valence-electron chi connectivity index (χ3n) is 2.37. The van der Waals surface area contributed by atoms with Crippen molar-refractivity contribution in [1.82, 2.24) is 0 Å². The summed E-state index contributed by atoms with van der Waals surface area (Å²) in [6, 6.07) is 12.8. The maximum atomic E-state index is 11.2. The number of carboxylic acids is 1. The fourth-order valence-electron chi connectivity index (χ4n) is 1.57. The van der Waals surface area contributed by atoms with Gasteiger partial charge in [0.2, 0.25) is 0 Å². The van der Waals surface area contributed by atoms with Crippen LogP contribution in [0, 0.1) is 0 Å². The Labute approximate surface area is 128 Å². The van der Waals surface area contributed by atoms with Crippen molar-refractivity contribution in [3.8, 4) is 11.1 Å². The molecule has 0 fully saturated rings. The summed E-state index contributed by atoms with van der Waals surface area (Å²) in [5.41, 5.74) is 1.90. The van der Waals surface area contributed by atoms with E-state index in [1.54, 1.807) is 12.1 Å². The summed E-state index contributed by atoms with van der Waals surface area (Å²) in [6.45, 7) is 0. The largest absolute Gasteiger partial charge is 0.478 e. The molecule has 0 amide bonds. The van der Waals surface area contributed by atoms with Gasteiger partial charge in [-0.05, 0) is 35.4 Å². The molecule has 0 aliphatic heterocycles. The van der Waals surface area contributed by atoms with Crippen LogP contribution in [0.4, 0.5) is 0 Å². The van der Waals surface area contributed by atoms with Crippen LogP contribution in [-0.2, 0) is 0 Å². The second-order valence-electron chi connectivity index (χ2n) is 3.50. The Kier molecular flexibility index (Phi) is 5.38. The summed E-state index contributed by atoms with van der Waals surface area (Å²) >= 11 is 6.63. The van der Waals surface area contributed by atoms with Gasteiger partial charge in [0.05, 0.1) is 5.56 Å². The van der Waals surface area contributed by atoms with Crippen molar-refractivity contribution in [2.45, 2.75) is 0 Å². The second kappa shape index (κ2) is 6.36. The molecule has 0 aromatic heterocycles. The molecule has 0 spiro atoms. The molecule has 18 heavy (non-hydrogen) atoms. The van der Waals surface area contributed by atoms with E-state index in [-0.39, 0.29) is 12.4 Å². The summed E-state index contributed by atoms with van der Waals surface area (Å²) in [4.78, 5) is 11.2. The van der Waals surface area contributed by atoms with Gasteiger partial charge in [-0.15, -0.1) is 12.4 Å². The van der Waals surface area contributed by atoms with E-state index in [4.69, 9.17) is 0 Å². The molecule has 0 aliphatic carbocycles. The predicted octanol–water partition coefficient (Wildman–Crippen LogP) is 5.00. The molecule has 2 aromatic rings. The van der Waals surface area contributed by atoms with Gasteiger partial charge in [-0.3, -0.25) is 0 Å². The number of carbonyl (C=O) groups is 1. The molecule has 0 saturated heterocycles. The summed E-state index contributed by atoms with van der Waals surface area (Å²) in [7, 11) is 0. The summed E-state index contributed by atoms with van der Waals surface area (Å²) < 4.78 is 1.73. The smallest absolute Gasteiger partial charge is 0.336 e. The first-order valence-corrected chi connectivity index (χ1v) is 6.45. The SMILES string of the molecule is Cl.O=C(O)c1cc(Br)ccc1-c1ccc(Br)cc1. The minimum absolute atomic E-state index is 0. The molecular formula is C13H9Br2ClO2. The lowest BCUT2D eigenvalue weighted by molar-refractivity contribution is 0.0697. The Morgan fingerprint density at radius 2 is 1.50 bits per heavy atom. The van der Waals surface area contributed by atoms with Gasteiger partial charge in [0.25, 0.3) is 0 Å². The van der Waals surface area contributed by atoms with Crippen LogP contribution in [0.5, 0.6) is 0 Å². The number of carboxylic acid groups (broad SMARTS) is 1. The molecular weight excluding hydrogens is 383 g/mol. The van der Waals surface area contributed by atoms with Crippen molar-refractivity contribution >= 4 is 50.2 Å². The zero-order valence-electron chi connectivity index (χ0n) is 9.06. The lowest BCUT2D eigenvalue weighted by Crippen LogP contribution is -1.99. The number of aromatic carboxylic acids is 1. The van der Waals surface area contributed by atoms with Crippen LogP contribution in [0.15, 0.2) is 51.4 Å². The number of halogens is 3. The van der Waals surface area contributed by atoms with E-state index in [1.807, 2.05) is 30.3 Å². The van der Waals surface area contributed by atoms with Crippen LogP contribution < -0.4 is 0 Å². The molecule has 0 radical (unpaired) electrons. The van der Waals surface area contributed by atoms with E-state index in [1.165, 1.54) is 0 Å². The lowest BCUT2D eigenvalue weighted by Gasteiger charge is -2.07. The molecule has 0 atom stereocenters. The molecule has 0 unspecified atom stereocenters. The lowest BCUT2D eigenvalue weighted by atomic mass is 10.00. The highest BCUT2D eigenvalue weighted by atomic mass is 79.9. The topological polar surface area (TPSA) is 37.3 Å². The number of hydrogen-bond donors (Lipinski definition) is 1. The number of hydrogen-bond acceptors (Lipinski definition) is 1. The molecule has 94 valence electrons. The Balaban J connectivity index is 0.00000162. The Bertz CT molecular complexity index is 568. The van der Waals surface area contributed by atoms with Gasteiger partial charge < -0.3 is 5.11 Å². The van der Waals surface area contributed by atoms with Crippen molar-refractivity contribution < 1.29 is 9.90 Å². The quantitative estimate of drug-likeness (QED) is 0.781. The normalized spacial score (nSPS) is 9.67. The molecule has 2 aromatic carbocycles. The van der Waals surface area contributed by atoms with Crippen molar-refractivity contribution in [2.75, 3.05) is 0 Å². The predicted molar refractivity (Wildman–Crippen MR) is 81.5 cm³/mol. The van der Waals surface area contributed by atoms with E-state index in [0.717, 1.165) is 14.5 Å². The molecule has 0 aliphatic rings.